The molecule has 2 amide bonds. The van der Waals surface area contributed by atoms with Crippen molar-refractivity contribution in [2.45, 2.75) is 52.1 Å². The molecule has 1 aliphatic heterocycles. The summed E-state index contributed by atoms with van der Waals surface area (Å²) in [7, 11) is 2.09. The summed E-state index contributed by atoms with van der Waals surface area (Å²) in [6, 6.07) is 0.333. The molecule has 1 unspecified atom stereocenters. The molecule has 1 heterocycles. The van der Waals surface area contributed by atoms with E-state index in [1.807, 2.05) is 25.7 Å². The van der Waals surface area contributed by atoms with E-state index in [4.69, 9.17) is 5.11 Å². The molecular formula is C15H29N3O3. The van der Waals surface area contributed by atoms with Gasteiger partial charge in [0.15, 0.2) is 0 Å². The number of carbonyl (C=O) groups excluding carboxylic acids is 1. The highest BCUT2D eigenvalue weighted by Crippen LogP contribution is 2.19. The van der Waals surface area contributed by atoms with Gasteiger partial charge in [-0.3, -0.25) is 9.69 Å². The van der Waals surface area contributed by atoms with Crippen LogP contribution in [0.2, 0.25) is 0 Å². The average Bonchev–Trinajstić information content (AvgIpc) is 2.37. The predicted octanol–water partition coefficient (Wildman–Crippen LogP) is 1.71. The summed E-state index contributed by atoms with van der Waals surface area (Å²) in [5.41, 5.74) is -0.377. The van der Waals surface area contributed by atoms with E-state index in [1.54, 1.807) is 4.90 Å². The zero-order valence-corrected chi connectivity index (χ0v) is 13.9. The van der Waals surface area contributed by atoms with Crippen LogP contribution in [0, 0.1) is 0 Å². The highest BCUT2D eigenvalue weighted by Gasteiger charge is 2.33. The third-order valence-corrected chi connectivity index (χ3v) is 4.11. The number of rotatable bonds is 4. The minimum Gasteiger partial charge on any atom is -0.481 e. The molecule has 0 bridgehead atoms. The minimum atomic E-state index is -0.873. The predicted molar refractivity (Wildman–Crippen MR) is 82.4 cm³/mol. The lowest BCUT2D eigenvalue weighted by Gasteiger charge is -2.44. The van der Waals surface area contributed by atoms with Crippen molar-refractivity contribution in [2.24, 2.45) is 0 Å². The number of urea groups is 1. The van der Waals surface area contributed by atoms with E-state index in [9.17, 15) is 9.59 Å². The maximum absolute atomic E-state index is 12.8. The molecule has 0 aromatic heterocycles. The summed E-state index contributed by atoms with van der Waals surface area (Å²) in [5.74, 6) is -0.873. The monoisotopic (exact) mass is 299 g/mol. The second-order valence-electron chi connectivity index (χ2n) is 6.74. The van der Waals surface area contributed by atoms with Crippen LogP contribution in [0.25, 0.3) is 0 Å². The van der Waals surface area contributed by atoms with Crippen LogP contribution >= 0.6 is 0 Å². The summed E-state index contributed by atoms with van der Waals surface area (Å²) in [5, 5.41) is 8.88. The van der Waals surface area contributed by atoms with Crippen molar-refractivity contribution in [1.29, 1.82) is 0 Å². The molecule has 1 atom stereocenters. The molecule has 1 rings (SSSR count). The number of carboxylic acid groups (broad SMARTS) is 1. The van der Waals surface area contributed by atoms with E-state index in [-0.39, 0.29) is 24.5 Å². The smallest absolute Gasteiger partial charge is 0.320 e. The van der Waals surface area contributed by atoms with Gasteiger partial charge in [0.05, 0.1) is 6.42 Å². The largest absolute Gasteiger partial charge is 0.481 e. The van der Waals surface area contributed by atoms with Crippen molar-refractivity contribution < 1.29 is 14.7 Å². The molecule has 6 nitrogen and oxygen atoms in total. The van der Waals surface area contributed by atoms with Gasteiger partial charge in [0.2, 0.25) is 0 Å². The van der Waals surface area contributed by atoms with Gasteiger partial charge in [-0.25, -0.2) is 4.79 Å². The van der Waals surface area contributed by atoms with E-state index >= 15 is 0 Å². The van der Waals surface area contributed by atoms with Crippen molar-refractivity contribution >= 4 is 12.0 Å². The molecule has 1 N–H and O–H groups in total. The van der Waals surface area contributed by atoms with Crippen LogP contribution < -0.4 is 0 Å². The summed E-state index contributed by atoms with van der Waals surface area (Å²) in [6.07, 6.45) is 0.985. The summed E-state index contributed by atoms with van der Waals surface area (Å²) < 4.78 is 0. The molecule has 0 aromatic rings. The fourth-order valence-electron chi connectivity index (χ4n) is 2.66. The van der Waals surface area contributed by atoms with Crippen LogP contribution in [-0.4, -0.2) is 76.6 Å². The maximum Gasteiger partial charge on any atom is 0.320 e. The van der Waals surface area contributed by atoms with Crippen molar-refractivity contribution in [3.63, 3.8) is 0 Å². The number of likely N-dealkylation sites (N-methyl/N-ethyl adjacent to an activating group) is 1. The molecule has 6 heteroatoms. The Kier molecular flexibility index (Phi) is 6.01. The zero-order valence-electron chi connectivity index (χ0n) is 13.9. The molecule has 1 aliphatic rings. The van der Waals surface area contributed by atoms with E-state index < -0.39 is 5.97 Å². The Balaban J connectivity index is 2.78. The molecule has 122 valence electrons. The molecule has 0 saturated carbocycles. The number of hydrogen-bond acceptors (Lipinski definition) is 3. The van der Waals surface area contributed by atoms with Crippen LogP contribution in [0.3, 0.4) is 0 Å². The number of nitrogens with zero attached hydrogens (tertiary/aromatic N) is 3. The third kappa shape index (κ3) is 4.88. The lowest BCUT2D eigenvalue weighted by molar-refractivity contribution is -0.137. The maximum atomic E-state index is 12.8. The fraction of sp³-hybridized carbons (Fsp3) is 0.867. The first-order valence-electron chi connectivity index (χ1n) is 7.65. The van der Waals surface area contributed by atoms with Crippen LogP contribution in [-0.2, 0) is 4.79 Å². The molecular weight excluding hydrogens is 270 g/mol. The first-order valence-corrected chi connectivity index (χ1v) is 7.65. The quantitative estimate of drug-likeness (QED) is 0.858. The number of amides is 2. The third-order valence-electron chi connectivity index (χ3n) is 4.11. The van der Waals surface area contributed by atoms with E-state index in [2.05, 4.69) is 18.9 Å². The molecule has 0 aliphatic carbocycles. The van der Waals surface area contributed by atoms with Gasteiger partial charge in [-0.1, -0.05) is 6.92 Å². The zero-order chi connectivity index (χ0) is 16.2. The van der Waals surface area contributed by atoms with E-state index in [0.29, 0.717) is 19.1 Å². The highest BCUT2D eigenvalue weighted by atomic mass is 16.4. The number of piperazine rings is 1. The average molecular weight is 299 g/mol. The number of aliphatic carboxylic acids is 1. The van der Waals surface area contributed by atoms with Crippen LogP contribution in [0.15, 0.2) is 0 Å². The Morgan fingerprint density at radius 1 is 1.29 bits per heavy atom. The molecule has 0 spiro atoms. The second-order valence-corrected chi connectivity index (χ2v) is 6.74. The van der Waals surface area contributed by atoms with Crippen molar-refractivity contribution in [2.75, 3.05) is 33.2 Å². The van der Waals surface area contributed by atoms with Gasteiger partial charge < -0.3 is 14.9 Å². The number of carboxylic acids is 1. The van der Waals surface area contributed by atoms with Gasteiger partial charge in [0.25, 0.3) is 0 Å². The Labute approximate surface area is 127 Å². The normalized spacial score (nSPS) is 20.4. The number of carbonyl (C=O) groups is 2. The Morgan fingerprint density at radius 3 is 2.38 bits per heavy atom. The van der Waals surface area contributed by atoms with E-state index in [1.165, 1.54) is 0 Å². The molecule has 0 aromatic carbocycles. The molecule has 0 radical (unpaired) electrons. The Morgan fingerprint density at radius 2 is 1.90 bits per heavy atom. The van der Waals surface area contributed by atoms with Gasteiger partial charge in [-0.15, -0.1) is 0 Å². The van der Waals surface area contributed by atoms with Gasteiger partial charge in [-0.05, 0) is 34.2 Å². The molecule has 1 fully saturated rings. The van der Waals surface area contributed by atoms with Crippen LogP contribution in [0.4, 0.5) is 4.79 Å². The van der Waals surface area contributed by atoms with Gasteiger partial charge in [0.1, 0.15) is 0 Å². The first-order chi connectivity index (χ1) is 9.66. The fourth-order valence-corrected chi connectivity index (χ4v) is 2.66. The lowest BCUT2D eigenvalue weighted by Crippen LogP contribution is -2.59. The van der Waals surface area contributed by atoms with E-state index in [0.717, 1.165) is 13.0 Å². The first kappa shape index (κ1) is 17.8. The standard InChI is InChI=1S/C15H29N3O3/c1-6-12-11-17(10-9-16(12)5)14(21)18(15(2,3)4)8-7-13(19)20/h12H,6-11H2,1-5H3,(H,19,20). The summed E-state index contributed by atoms with van der Waals surface area (Å²) in [4.78, 5) is 29.4. The Hall–Kier alpha value is -1.30. The van der Waals surface area contributed by atoms with Crippen molar-refractivity contribution in [3.05, 3.63) is 0 Å². The molecule has 21 heavy (non-hydrogen) atoms. The minimum absolute atomic E-state index is 0.0199. The SMILES string of the molecule is CCC1CN(C(=O)N(CCC(=O)O)C(C)(C)C)CCN1C. The molecule has 1 saturated heterocycles. The van der Waals surface area contributed by atoms with Crippen LogP contribution in [0.5, 0.6) is 0 Å². The lowest BCUT2D eigenvalue weighted by atomic mass is 10.1. The topological polar surface area (TPSA) is 64.1 Å². The van der Waals surface area contributed by atoms with Gasteiger partial charge in [0, 0.05) is 37.8 Å². The van der Waals surface area contributed by atoms with Gasteiger partial charge >= 0.3 is 12.0 Å². The van der Waals surface area contributed by atoms with Crippen molar-refractivity contribution in [1.82, 2.24) is 14.7 Å². The van der Waals surface area contributed by atoms with Crippen molar-refractivity contribution in [3.8, 4) is 0 Å². The Bertz CT molecular complexity index is 379. The van der Waals surface area contributed by atoms with Gasteiger partial charge in [-0.2, -0.15) is 0 Å². The number of hydrogen-bond donors (Lipinski definition) is 1. The van der Waals surface area contributed by atoms with Crippen LogP contribution in [0.1, 0.15) is 40.5 Å². The second kappa shape index (κ2) is 7.11. The highest BCUT2D eigenvalue weighted by molar-refractivity contribution is 5.76. The summed E-state index contributed by atoms with van der Waals surface area (Å²) >= 11 is 0. The summed E-state index contributed by atoms with van der Waals surface area (Å²) in [6.45, 7) is 10.5.